The fourth-order valence-corrected chi connectivity index (χ4v) is 5.86. The molecule has 2 N–H and O–H groups in total. The lowest BCUT2D eigenvalue weighted by atomic mass is 9.47. The van der Waals surface area contributed by atoms with E-state index in [1.54, 1.807) is 0 Å². The Kier molecular flexibility index (Phi) is 3.33. The number of hydrogen-bond donors (Lipinski definition) is 1. The van der Waals surface area contributed by atoms with Crippen LogP contribution in [0.3, 0.4) is 0 Å². The Bertz CT molecular complexity index is 470. The molecule has 1 aromatic heterocycles. The van der Waals surface area contributed by atoms with E-state index in [0.717, 1.165) is 30.6 Å². The topological polar surface area (TPSA) is 38.9 Å². The lowest BCUT2D eigenvalue weighted by Gasteiger charge is -2.59. The summed E-state index contributed by atoms with van der Waals surface area (Å²) >= 11 is 0. The Hall–Kier alpha value is -0.890. The molecule has 0 saturated heterocycles. The van der Waals surface area contributed by atoms with Crippen LogP contribution in [0.25, 0.3) is 0 Å². The second-order valence-corrected chi connectivity index (χ2v) is 8.10. The minimum absolute atomic E-state index is 0.311. The van der Waals surface area contributed by atoms with E-state index in [0.29, 0.717) is 11.5 Å². The van der Waals surface area contributed by atoms with Gasteiger partial charge in [-0.3, -0.25) is 4.98 Å². The molecule has 0 aliphatic heterocycles. The molecule has 1 unspecified atom stereocenters. The molecule has 2 nitrogen and oxygen atoms in total. The molecule has 5 rings (SSSR count). The third-order valence-corrected chi connectivity index (χ3v) is 6.60. The number of nitrogens with two attached hydrogens (primary N) is 1. The van der Waals surface area contributed by atoms with Gasteiger partial charge in [-0.15, -0.1) is 0 Å². The van der Waals surface area contributed by atoms with E-state index in [9.17, 15) is 0 Å². The summed E-state index contributed by atoms with van der Waals surface area (Å²) in [6.07, 6.45) is 12.7. The zero-order valence-corrected chi connectivity index (χ0v) is 13.2. The maximum Gasteiger partial charge on any atom is 0.0419 e. The number of hydrogen-bond acceptors (Lipinski definition) is 2. The van der Waals surface area contributed by atoms with Gasteiger partial charge < -0.3 is 5.73 Å². The molecule has 21 heavy (non-hydrogen) atoms. The average molecular weight is 284 g/mol. The minimum atomic E-state index is 0.311. The SMILES string of the molecule is CCc1ccc(CC(N)C23CC4CC(CC(C4)C2)C3)nc1. The molecule has 1 heterocycles. The fourth-order valence-electron chi connectivity index (χ4n) is 5.86. The Balaban J connectivity index is 1.50. The quantitative estimate of drug-likeness (QED) is 0.915. The van der Waals surface area contributed by atoms with E-state index in [4.69, 9.17) is 5.73 Å². The van der Waals surface area contributed by atoms with Crippen LogP contribution in [0.2, 0.25) is 0 Å². The van der Waals surface area contributed by atoms with Crippen LogP contribution in [0.1, 0.15) is 56.7 Å². The van der Waals surface area contributed by atoms with Gasteiger partial charge in [0.05, 0.1) is 0 Å². The number of nitrogens with zero attached hydrogens (tertiary/aromatic N) is 1. The van der Waals surface area contributed by atoms with Crippen LogP contribution in [-0.2, 0) is 12.8 Å². The molecule has 4 saturated carbocycles. The van der Waals surface area contributed by atoms with Crippen molar-refractivity contribution in [3.05, 3.63) is 29.6 Å². The maximum atomic E-state index is 6.74. The first-order chi connectivity index (χ1) is 10.2. The summed E-state index contributed by atoms with van der Waals surface area (Å²) in [5.41, 5.74) is 9.69. The third-order valence-electron chi connectivity index (χ3n) is 6.60. The average Bonchev–Trinajstić information content (AvgIpc) is 2.46. The molecule has 4 aliphatic carbocycles. The summed E-state index contributed by atoms with van der Waals surface area (Å²) in [4.78, 5) is 4.64. The Morgan fingerprint density at radius 2 is 1.76 bits per heavy atom. The zero-order chi connectivity index (χ0) is 14.4. The van der Waals surface area contributed by atoms with Crippen molar-refractivity contribution in [3.63, 3.8) is 0 Å². The van der Waals surface area contributed by atoms with Crippen molar-refractivity contribution >= 4 is 0 Å². The molecule has 0 aromatic carbocycles. The van der Waals surface area contributed by atoms with E-state index >= 15 is 0 Å². The second kappa shape index (κ2) is 5.08. The van der Waals surface area contributed by atoms with Gasteiger partial charge in [-0.25, -0.2) is 0 Å². The van der Waals surface area contributed by atoms with Crippen molar-refractivity contribution in [2.24, 2.45) is 28.9 Å². The van der Waals surface area contributed by atoms with Gasteiger partial charge >= 0.3 is 0 Å². The number of pyridine rings is 1. The molecule has 0 spiro atoms. The molecule has 4 fully saturated rings. The van der Waals surface area contributed by atoms with Crippen LogP contribution in [0.15, 0.2) is 18.3 Å². The third kappa shape index (κ3) is 2.42. The van der Waals surface area contributed by atoms with E-state index in [-0.39, 0.29) is 0 Å². The molecule has 4 aliphatic rings. The highest BCUT2D eigenvalue weighted by Crippen LogP contribution is 2.61. The van der Waals surface area contributed by atoms with Crippen molar-refractivity contribution in [2.45, 2.75) is 64.3 Å². The summed E-state index contributed by atoms with van der Waals surface area (Å²) in [5, 5.41) is 0. The van der Waals surface area contributed by atoms with Crippen LogP contribution in [0.4, 0.5) is 0 Å². The van der Waals surface area contributed by atoms with Gasteiger partial charge in [-0.1, -0.05) is 13.0 Å². The standard InChI is InChI=1S/C19H28N2/c1-2-13-3-4-17(21-12-13)8-18(20)19-9-14-5-15(10-19)7-16(6-14)11-19/h3-4,12,14-16,18H,2,5-11,20H2,1H3. The molecule has 114 valence electrons. The van der Waals surface area contributed by atoms with Crippen molar-refractivity contribution in [2.75, 3.05) is 0 Å². The van der Waals surface area contributed by atoms with Gasteiger partial charge in [0.2, 0.25) is 0 Å². The Labute approximate surface area is 128 Å². The van der Waals surface area contributed by atoms with Crippen LogP contribution >= 0.6 is 0 Å². The maximum absolute atomic E-state index is 6.74. The molecule has 4 bridgehead atoms. The highest BCUT2D eigenvalue weighted by Gasteiger charge is 2.53. The van der Waals surface area contributed by atoms with Gasteiger partial charge in [0.1, 0.15) is 0 Å². The molecule has 0 amide bonds. The van der Waals surface area contributed by atoms with Crippen molar-refractivity contribution in [1.82, 2.24) is 4.98 Å². The van der Waals surface area contributed by atoms with E-state index < -0.39 is 0 Å². The first kappa shape index (κ1) is 13.8. The predicted molar refractivity (Wildman–Crippen MR) is 85.9 cm³/mol. The number of aryl methyl sites for hydroxylation is 1. The molecule has 0 radical (unpaired) electrons. The van der Waals surface area contributed by atoms with Gasteiger partial charge in [0.25, 0.3) is 0 Å². The van der Waals surface area contributed by atoms with Gasteiger partial charge in [-0.2, -0.15) is 0 Å². The molecule has 2 heteroatoms. The highest BCUT2D eigenvalue weighted by molar-refractivity contribution is 5.16. The van der Waals surface area contributed by atoms with E-state index in [1.807, 2.05) is 6.20 Å². The monoisotopic (exact) mass is 284 g/mol. The first-order valence-electron chi connectivity index (χ1n) is 8.86. The van der Waals surface area contributed by atoms with Crippen LogP contribution in [-0.4, -0.2) is 11.0 Å². The van der Waals surface area contributed by atoms with Crippen molar-refractivity contribution < 1.29 is 0 Å². The smallest absolute Gasteiger partial charge is 0.0419 e. The van der Waals surface area contributed by atoms with Crippen molar-refractivity contribution in [3.8, 4) is 0 Å². The zero-order valence-electron chi connectivity index (χ0n) is 13.2. The van der Waals surface area contributed by atoms with Gasteiger partial charge in [0, 0.05) is 24.4 Å². The number of rotatable bonds is 4. The van der Waals surface area contributed by atoms with Crippen molar-refractivity contribution in [1.29, 1.82) is 0 Å². The van der Waals surface area contributed by atoms with E-state index in [1.165, 1.54) is 49.8 Å². The largest absolute Gasteiger partial charge is 0.327 e. The lowest BCUT2D eigenvalue weighted by molar-refractivity contribution is -0.0669. The summed E-state index contributed by atoms with van der Waals surface area (Å²) in [6, 6.07) is 4.72. The second-order valence-electron chi connectivity index (χ2n) is 8.10. The van der Waals surface area contributed by atoms with Crippen LogP contribution in [0.5, 0.6) is 0 Å². The normalized spacial score (nSPS) is 38.7. The molecule has 1 atom stereocenters. The van der Waals surface area contributed by atoms with E-state index in [2.05, 4.69) is 24.0 Å². The molecule has 1 aromatic rings. The van der Waals surface area contributed by atoms with Gasteiger partial charge in [0.15, 0.2) is 0 Å². The minimum Gasteiger partial charge on any atom is -0.327 e. The molecular weight excluding hydrogens is 256 g/mol. The lowest BCUT2D eigenvalue weighted by Crippen LogP contribution is -2.55. The summed E-state index contributed by atoms with van der Waals surface area (Å²) in [5.74, 6) is 2.95. The molecular formula is C19H28N2. The van der Waals surface area contributed by atoms with Crippen LogP contribution < -0.4 is 5.73 Å². The summed E-state index contributed by atoms with van der Waals surface area (Å²) in [6.45, 7) is 2.18. The van der Waals surface area contributed by atoms with Crippen LogP contribution in [0, 0.1) is 23.2 Å². The fraction of sp³-hybridized carbons (Fsp3) is 0.737. The Morgan fingerprint density at radius 1 is 1.14 bits per heavy atom. The van der Waals surface area contributed by atoms with Gasteiger partial charge in [-0.05, 0) is 79.7 Å². The summed E-state index contributed by atoms with van der Waals surface area (Å²) in [7, 11) is 0. The summed E-state index contributed by atoms with van der Waals surface area (Å²) < 4.78 is 0. The first-order valence-corrected chi connectivity index (χ1v) is 8.86. The predicted octanol–water partition coefficient (Wildman–Crippen LogP) is 3.73. The number of aromatic nitrogens is 1. The Morgan fingerprint density at radius 3 is 2.24 bits per heavy atom. The highest BCUT2D eigenvalue weighted by atomic mass is 14.8.